The minimum Gasteiger partial charge on any atom is -0.375 e. The van der Waals surface area contributed by atoms with Crippen LogP contribution in [-0.2, 0) is 16.1 Å². The van der Waals surface area contributed by atoms with Gasteiger partial charge in [0.05, 0.1) is 19.1 Å². The third-order valence-corrected chi connectivity index (χ3v) is 5.16. The first-order valence-corrected chi connectivity index (χ1v) is 9.36. The highest BCUT2D eigenvalue weighted by atomic mass is 16.5. The van der Waals surface area contributed by atoms with E-state index in [0.29, 0.717) is 12.5 Å². The van der Waals surface area contributed by atoms with E-state index < -0.39 is 0 Å². The lowest BCUT2D eigenvalue weighted by Crippen LogP contribution is -2.51. The predicted octanol–water partition coefficient (Wildman–Crippen LogP) is 1.23. The summed E-state index contributed by atoms with van der Waals surface area (Å²) in [4.78, 5) is 23.6. The van der Waals surface area contributed by atoms with Crippen LogP contribution in [0.3, 0.4) is 0 Å². The average molecular weight is 346 g/mol. The molecular weight excluding hydrogens is 316 g/mol. The van der Waals surface area contributed by atoms with Crippen LogP contribution in [0.1, 0.15) is 25.8 Å². The van der Waals surface area contributed by atoms with E-state index >= 15 is 0 Å². The van der Waals surface area contributed by atoms with Crippen molar-refractivity contribution in [2.45, 2.75) is 39.0 Å². The number of pyridine rings is 1. The van der Waals surface area contributed by atoms with E-state index in [1.54, 1.807) is 6.20 Å². The van der Waals surface area contributed by atoms with Crippen LogP contribution in [0.25, 0.3) is 0 Å². The topological polar surface area (TPSA) is 48.9 Å². The molecule has 0 spiro atoms. The Morgan fingerprint density at radius 3 is 2.76 bits per heavy atom. The molecule has 3 heterocycles. The second kappa shape index (κ2) is 8.74. The maximum absolute atomic E-state index is 12.6. The van der Waals surface area contributed by atoms with Crippen LogP contribution in [0.4, 0.5) is 0 Å². The third kappa shape index (κ3) is 5.23. The molecule has 0 radical (unpaired) electrons. The van der Waals surface area contributed by atoms with Crippen LogP contribution >= 0.6 is 0 Å². The summed E-state index contributed by atoms with van der Waals surface area (Å²) in [5.41, 5.74) is 1.23. The summed E-state index contributed by atoms with van der Waals surface area (Å²) >= 11 is 0. The van der Waals surface area contributed by atoms with Crippen molar-refractivity contribution in [3.8, 4) is 0 Å². The molecule has 6 nitrogen and oxygen atoms in total. The van der Waals surface area contributed by atoms with Crippen LogP contribution < -0.4 is 0 Å². The molecule has 0 saturated carbocycles. The zero-order chi connectivity index (χ0) is 17.6. The van der Waals surface area contributed by atoms with Crippen molar-refractivity contribution in [3.63, 3.8) is 0 Å². The molecule has 0 aliphatic carbocycles. The van der Waals surface area contributed by atoms with Gasteiger partial charge in [0.2, 0.25) is 5.91 Å². The lowest BCUT2D eigenvalue weighted by atomic mass is 10.1. The summed E-state index contributed by atoms with van der Waals surface area (Å²) in [6.45, 7) is 11.3. The number of aromatic nitrogens is 1. The zero-order valence-electron chi connectivity index (χ0n) is 15.4. The molecule has 138 valence electrons. The number of rotatable bonds is 5. The summed E-state index contributed by atoms with van der Waals surface area (Å²) in [5, 5.41) is 0. The van der Waals surface area contributed by atoms with Gasteiger partial charge in [-0.25, -0.2) is 0 Å². The minimum atomic E-state index is 0.0390. The summed E-state index contributed by atoms with van der Waals surface area (Å²) < 4.78 is 5.81. The number of morpholine rings is 1. The minimum absolute atomic E-state index is 0.0390. The number of carbonyl (C=O) groups excluding carboxylic acids is 1. The number of amides is 1. The largest absolute Gasteiger partial charge is 0.375 e. The van der Waals surface area contributed by atoms with Gasteiger partial charge in [-0.05, 0) is 25.5 Å². The smallest absolute Gasteiger partial charge is 0.225 e. The summed E-state index contributed by atoms with van der Waals surface area (Å²) in [6, 6.07) is 4.59. The number of hydrogen-bond donors (Lipinski definition) is 0. The quantitative estimate of drug-likeness (QED) is 0.802. The molecular formula is C19H30N4O2. The van der Waals surface area contributed by atoms with Crippen LogP contribution in [-0.4, -0.2) is 83.6 Å². The number of ether oxygens (including phenoxy) is 1. The fourth-order valence-electron chi connectivity index (χ4n) is 3.56. The Balaban J connectivity index is 1.42. The molecule has 2 fully saturated rings. The number of piperazine rings is 1. The molecule has 1 aromatic heterocycles. The molecule has 3 rings (SSSR count). The normalized spacial score (nSPS) is 23.2. The van der Waals surface area contributed by atoms with Gasteiger partial charge in [-0.2, -0.15) is 0 Å². The molecule has 1 amide bonds. The van der Waals surface area contributed by atoms with E-state index in [-0.39, 0.29) is 12.0 Å². The van der Waals surface area contributed by atoms with E-state index in [9.17, 15) is 4.79 Å². The second-order valence-corrected chi connectivity index (χ2v) is 7.30. The van der Waals surface area contributed by atoms with Gasteiger partial charge in [-0.1, -0.05) is 6.07 Å². The van der Waals surface area contributed by atoms with E-state index in [4.69, 9.17) is 4.74 Å². The molecule has 0 aromatic carbocycles. The third-order valence-electron chi connectivity index (χ3n) is 5.16. The van der Waals surface area contributed by atoms with E-state index in [1.807, 2.05) is 17.2 Å². The van der Waals surface area contributed by atoms with Gasteiger partial charge in [-0.3, -0.25) is 19.6 Å². The first kappa shape index (κ1) is 18.3. The Bertz CT molecular complexity index is 544. The van der Waals surface area contributed by atoms with E-state index in [2.05, 4.69) is 34.7 Å². The molecule has 0 bridgehead atoms. The van der Waals surface area contributed by atoms with Crippen molar-refractivity contribution >= 4 is 5.91 Å². The van der Waals surface area contributed by atoms with Crippen molar-refractivity contribution in [2.75, 3.05) is 45.9 Å². The monoisotopic (exact) mass is 346 g/mol. The van der Waals surface area contributed by atoms with Gasteiger partial charge < -0.3 is 9.64 Å². The Kier molecular flexibility index (Phi) is 6.39. The van der Waals surface area contributed by atoms with Gasteiger partial charge in [-0.15, -0.1) is 0 Å². The lowest BCUT2D eigenvalue weighted by Gasteiger charge is -2.38. The Hall–Kier alpha value is -1.50. The van der Waals surface area contributed by atoms with Crippen molar-refractivity contribution in [1.29, 1.82) is 0 Å². The standard InChI is InChI=1S/C19H30N4O2/c1-16(2)23-10-11-25-18(15-23)12-19(24)22-8-6-21(7-9-22)14-17-4-3-5-20-13-17/h3-5,13,16,18H,6-12,14-15H2,1-2H3. The van der Waals surface area contributed by atoms with Crippen LogP contribution in [0, 0.1) is 0 Å². The Labute approximate surface area is 150 Å². The molecule has 1 unspecified atom stereocenters. The van der Waals surface area contributed by atoms with Crippen molar-refractivity contribution in [1.82, 2.24) is 19.7 Å². The number of nitrogens with zero attached hydrogens (tertiary/aromatic N) is 4. The van der Waals surface area contributed by atoms with E-state index in [1.165, 1.54) is 5.56 Å². The molecule has 1 atom stereocenters. The van der Waals surface area contributed by atoms with Gasteiger partial charge >= 0.3 is 0 Å². The first-order valence-electron chi connectivity index (χ1n) is 9.36. The highest BCUT2D eigenvalue weighted by Gasteiger charge is 2.27. The molecule has 1 aromatic rings. The summed E-state index contributed by atoms with van der Waals surface area (Å²) in [6.07, 6.45) is 4.26. The van der Waals surface area contributed by atoms with Gasteiger partial charge in [0.15, 0.2) is 0 Å². The van der Waals surface area contributed by atoms with Crippen molar-refractivity contribution in [3.05, 3.63) is 30.1 Å². The van der Waals surface area contributed by atoms with E-state index in [0.717, 1.165) is 52.4 Å². The molecule has 2 aliphatic heterocycles. The molecule has 25 heavy (non-hydrogen) atoms. The van der Waals surface area contributed by atoms with Gasteiger partial charge in [0.25, 0.3) is 0 Å². The Morgan fingerprint density at radius 1 is 1.28 bits per heavy atom. The molecule has 6 heteroatoms. The second-order valence-electron chi connectivity index (χ2n) is 7.30. The highest BCUT2D eigenvalue weighted by molar-refractivity contribution is 5.76. The zero-order valence-corrected chi connectivity index (χ0v) is 15.4. The average Bonchev–Trinajstić information content (AvgIpc) is 2.63. The molecule has 2 aliphatic rings. The first-order chi connectivity index (χ1) is 12.1. The fourth-order valence-corrected chi connectivity index (χ4v) is 3.56. The fraction of sp³-hybridized carbons (Fsp3) is 0.684. The van der Waals surface area contributed by atoms with Crippen molar-refractivity contribution < 1.29 is 9.53 Å². The number of hydrogen-bond acceptors (Lipinski definition) is 5. The van der Waals surface area contributed by atoms with Gasteiger partial charge in [0.1, 0.15) is 0 Å². The van der Waals surface area contributed by atoms with Crippen LogP contribution in [0.5, 0.6) is 0 Å². The Morgan fingerprint density at radius 2 is 2.08 bits per heavy atom. The maximum Gasteiger partial charge on any atom is 0.225 e. The van der Waals surface area contributed by atoms with Crippen molar-refractivity contribution in [2.24, 2.45) is 0 Å². The SMILES string of the molecule is CC(C)N1CCOC(CC(=O)N2CCN(Cc3cccnc3)CC2)C1. The van der Waals surface area contributed by atoms with Crippen LogP contribution in [0.15, 0.2) is 24.5 Å². The number of carbonyl (C=O) groups is 1. The van der Waals surface area contributed by atoms with Gasteiger partial charge in [0, 0.05) is 64.2 Å². The predicted molar refractivity (Wildman–Crippen MR) is 97.2 cm³/mol. The highest BCUT2D eigenvalue weighted by Crippen LogP contribution is 2.14. The lowest BCUT2D eigenvalue weighted by molar-refractivity contribution is -0.138. The summed E-state index contributed by atoms with van der Waals surface area (Å²) in [5.74, 6) is 0.233. The van der Waals surface area contributed by atoms with Crippen LogP contribution in [0.2, 0.25) is 0 Å². The molecule has 2 saturated heterocycles. The maximum atomic E-state index is 12.6. The summed E-state index contributed by atoms with van der Waals surface area (Å²) in [7, 11) is 0. The molecule has 0 N–H and O–H groups in total.